The summed E-state index contributed by atoms with van der Waals surface area (Å²) in [5.74, 6) is 0.306. The van der Waals surface area contributed by atoms with Gasteiger partial charge in [0.25, 0.3) is 0 Å². The SMILES string of the molecule is CCCOc1ccc(C(F)(F)F)cc1-c1cc(=O)c2ccccc2[nH]1. The summed E-state index contributed by atoms with van der Waals surface area (Å²) in [6.07, 6.45) is -3.76. The highest BCUT2D eigenvalue weighted by Gasteiger charge is 2.31. The van der Waals surface area contributed by atoms with E-state index in [1.807, 2.05) is 6.92 Å². The van der Waals surface area contributed by atoms with Gasteiger partial charge in [-0.3, -0.25) is 4.79 Å². The summed E-state index contributed by atoms with van der Waals surface area (Å²) in [6.45, 7) is 2.28. The van der Waals surface area contributed by atoms with Gasteiger partial charge in [0.05, 0.1) is 17.9 Å². The van der Waals surface area contributed by atoms with Crippen molar-refractivity contribution in [2.45, 2.75) is 19.5 Å². The van der Waals surface area contributed by atoms with Crippen molar-refractivity contribution in [2.75, 3.05) is 6.61 Å². The van der Waals surface area contributed by atoms with Gasteiger partial charge in [-0.15, -0.1) is 0 Å². The Labute approximate surface area is 142 Å². The summed E-state index contributed by atoms with van der Waals surface area (Å²) in [5.41, 5.74) is 0.0134. The summed E-state index contributed by atoms with van der Waals surface area (Å²) in [4.78, 5) is 15.3. The normalized spacial score (nSPS) is 11.7. The molecule has 1 heterocycles. The van der Waals surface area contributed by atoms with Crippen LogP contribution in [0.1, 0.15) is 18.9 Å². The molecule has 0 saturated heterocycles. The number of halogens is 3. The summed E-state index contributed by atoms with van der Waals surface area (Å²) in [7, 11) is 0. The van der Waals surface area contributed by atoms with Gasteiger partial charge in [-0.1, -0.05) is 19.1 Å². The number of hydrogen-bond donors (Lipinski definition) is 1. The van der Waals surface area contributed by atoms with Crippen molar-refractivity contribution < 1.29 is 17.9 Å². The van der Waals surface area contributed by atoms with Crippen molar-refractivity contribution in [2.24, 2.45) is 0 Å². The Bertz CT molecular complexity index is 961. The van der Waals surface area contributed by atoms with Crippen molar-refractivity contribution in [1.29, 1.82) is 0 Å². The molecule has 6 heteroatoms. The third-order valence-corrected chi connectivity index (χ3v) is 3.80. The number of H-pyrrole nitrogens is 1. The molecule has 3 rings (SSSR count). The van der Waals surface area contributed by atoms with Crippen LogP contribution in [0.2, 0.25) is 0 Å². The van der Waals surface area contributed by atoms with Gasteiger partial charge in [0.2, 0.25) is 0 Å². The van der Waals surface area contributed by atoms with Crippen molar-refractivity contribution in [1.82, 2.24) is 4.98 Å². The van der Waals surface area contributed by atoms with E-state index in [0.29, 0.717) is 35.4 Å². The molecule has 0 saturated carbocycles. The van der Waals surface area contributed by atoms with Gasteiger partial charge in [-0.2, -0.15) is 13.2 Å². The number of pyridine rings is 1. The van der Waals surface area contributed by atoms with Crippen LogP contribution >= 0.6 is 0 Å². The third-order valence-electron chi connectivity index (χ3n) is 3.80. The molecule has 130 valence electrons. The number of fused-ring (bicyclic) bond motifs is 1. The molecule has 0 radical (unpaired) electrons. The van der Waals surface area contributed by atoms with Crippen LogP contribution in [0.25, 0.3) is 22.2 Å². The second-order valence-corrected chi connectivity index (χ2v) is 5.65. The monoisotopic (exact) mass is 347 g/mol. The zero-order chi connectivity index (χ0) is 18.0. The Morgan fingerprint density at radius 1 is 1.08 bits per heavy atom. The van der Waals surface area contributed by atoms with Gasteiger partial charge in [-0.25, -0.2) is 0 Å². The molecule has 0 fully saturated rings. The number of alkyl halides is 3. The van der Waals surface area contributed by atoms with Crippen LogP contribution in [0.4, 0.5) is 13.2 Å². The fraction of sp³-hybridized carbons (Fsp3) is 0.211. The second kappa shape index (κ2) is 6.63. The zero-order valence-corrected chi connectivity index (χ0v) is 13.5. The molecule has 0 aliphatic heterocycles. The highest BCUT2D eigenvalue weighted by molar-refractivity contribution is 5.82. The van der Waals surface area contributed by atoms with Crippen LogP contribution in [0, 0.1) is 0 Å². The maximum Gasteiger partial charge on any atom is 0.416 e. The van der Waals surface area contributed by atoms with E-state index in [1.165, 1.54) is 12.1 Å². The first-order valence-corrected chi connectivity index (χ1v) is 7.86. The first kappa shape index (κ1) is 17.1. The summed E-state index contributed by atoms with van der Waals surface area (Å²) >= 11 is 0. The molecule has 0 unspecified atom stereocenters. The lowest BCUT2D eigenvalue weighted by Crippen LogP contribution is -2.08. The van der Waals surface area contributed by atoms with Crippen molar-refractivity contribution >= 4 is 10.9 Å². The average molecular weight is 347 g/mol. The fourth-order valence-electron chi connectivity index (χ4n) is 2.60. The average Bonchev–Trinajstić information content (AvgIpc) is 2.59. The fourth-order valence-corrected chi connectivity index (χ4v) is 2.60. The van der Waals surface area contributed by atoms with Gasteiger partial charge in [0, 0.05) is 22.5 Å². The predicted molar refractivity (Wildman–Crippen MR) is 90.8 cm³/mol. The van der Waals surface area contributed by atoms with Crippen LogP contribution in [0.15, 0.2) is 53.3 Å². The Kier molecular flexibility index (Phi) is 4.53. The molecular formula is C19H16F3NO2. The number of aromatic amines is 1. The molecule has 0 spiro atoms. The number of hydrogen-bond acceptors (Lipinski definition) is 2. The standard InChI is InChI=1S/C19H16F3NO2/c1-2-9-25-18-8-7-12(19(20,21)22)10-14(18)16-11-17(24)13-5-3-4-6-15(13)23-16/h3-8,10-11H,2,9H2,1H3,(H,23,24). The Morgan fingerprint density at radius 3 is 2.56 bits per heavy atom. The maximum atomic E-state index is 13.1. The predicted octanol–water partition coefficient (Wildman–Crippen LogP) is 5.00. The molecule has 2 aromatic carbocycles. The summed E-state index contributed by atoms with van der Waals surface area (Å²) in [6, 6.07) is 11.4. The molecule has 0 aliphatic carbocycles. The molecular weight excluding hydrogens is 331 g/mol. The smallest absolute Gasteiger partial charge is 0.416 e. The quantitative estimate of drug-likeness (QED) is 0.721. The lowest BCUT2D eigenvalue weighted by molar-refractivity contribution is -0.137. The molecule has 3 nitrogen and oxygen atoms in total. The van der Waals surface area contributed by atoms with Crippen molar-refractivity contribution in [3.05, 3.63) is 64.3 Å². The van der Waals surface area contributed by atoms with Crippen LogP contribution in [-0.2, 0) is 6.18 Å². The second-order valence-electron chi connectivity index (χ2n) is 5.65. The van der Waals surface area contributed by atoms with Gasteiger partial charge in [-0.05, 0) is 36.8 Å². The van der Waals surface area contributed by atoms with Crippen LogP contribution < -0.4 is 10.2 Å². The molecule has 0 bridgehead atoms. The van der Waals surface area contributed by atoms with Crippen LogP contribution in [0.3, 0.4) is 0 Å². The lowest BCUT2D eigenvalue weighted by atomic mass is 10.0. The molecule has 0 atom stereocenters. The lowest BCUT2D eigenvalue weighted by Gasteiger charge is -2.15. The van der Waals surface area contributed by atoms with E-state index in [4.69, 9.17) is 4.74 Å². The van der Waals surface area contributed by atoms with Crippen LogP contribution in [-0.4, -0.2) is 11.6 Å². The number of ether oxygens (including phenoxy) is 1. The minimum atomic E-state index is -4.48. The third kappa shape index (κ3) is 3.52. The molecule has 25 heavy (non-hydrogen) atoms. The van der Waals surface area contributed by atoms with Crippen molar-refractivity contribution in [3.8, 4) is 17.0 Å². The van der Waals surface area contributed by atoms with E-state index in [0.717, 1.165) is 12.1 Å². The molecule has 0 amide bonds. The van der Waals surface area contributed by atoms with E-state index in [-0.39, 0.29) is 11.0 Å². The topological polar surface area (TPSA) is 42.1 Å². The zero-order valence-electron chi connectivity index (χ0n) is 13.5. The minimum absolute atomic E-state index is 0.214. The molecule has 0 aliphatic rings. The van der Waals surface area contributed by atoms with Gasteiger partial charge >= 0.3 is 6.18 Å². The van der Waals surface area contributed by atoms with Gasteiger partial charge < -0.3 is 9.72 Å². The molecule has 1 aromatic heterocycles. The number of para-hydroxylation sites is 1. The number of aromatic nitrogens is 1. The summed E-state index contributed by atoms with van der Waals surface area (Å²) in [5, 5.41) is 0.481. The molecule has 1 N–H and O–H groups in total. The highest BCUT2D eigenvalue weighted by Crippen LogP contribution is 2.36. The van der Waals surface area contributed by atoms with E-state index < -0.39 is 11.7 Å². The van der Waals surface area contributed by atoms with E-state index in [2.05, 4.69) is 4.98 Å². The Hall–Kier alpha value is -2.76. The first-order valence-electron chi connectivity index (χ1n) is 7.86. The minimum Gasteiger partial charge on any atom is -0.493 e. The van der Waals surface area contributed by atoms with E-state index in [1.54, 1.807) is 24.3 Å². The van der Waals surface area contributed by atoms with Crippen LogP contribution in [0.5, 0.6) is 5.75 Å². The first-order chi connectivity index (χ1) is 11.9. The number of nitrogens with one attached hydrogen (secondary N) is 1. The van der Waals surface area contributed by atoms with Gasteiger partial charge in [0.1, 0.15) is 5.75 Å². The Morgan fingerprint density at radius 2 is 1.84 bits per heavy atom. The number of benzene rings is 2. The highest BCUT2D eigenvalue weighted by atomic mass is 19.4. The largest absolute Gasteiger partial charge is 0.493 e. The van der Waals surface area contributed by atoms with Crippen molar-refractivity contribution in [3.63, 3.8) is 0 Å². The summed E-state index contributed by atoms with van der Waals surface area (Å²) < 4.78 is 44.8. The number of rotatable bonds is 4. The molecule has 3 aromatic rings. The Balaban J connectivity index is 2.21. The maximum absolute atomic E-state index is 13.1. The van der Waals surface area contributed by atoms with E-state index >= 15 is 0 Å². The van der Waals surface area contributed by atoms with E-state index in [9.17, 15) is 18.0 Å². The van der Waals surface area contributed by atoms with Gasteiger partial charge in [0.15, 0.2) is 5.43 Å².